The van der Waals surface area contributed by atoms with Gasteiger partial charge in [-0.1, -0.05) is 44.2 Å². The molecule has 0 saturated heterocycles. The summed E-state index contributed by atoms with van der Waals surface area (Å²) in [6, 6.07) is 10.4. The minimum atomic E-state index is 0.145. The number of carbonyl (C=O) groups is 1. The fourth-order valence-electron chi connectivity index (χ4n) is 2.06. The van der Waals surface area contributed by atoms with Crippen molar-refractivity contribution in [2.45, 2.75) is 33.1 Å². The highest BCUT2D eigenvalue weighted by molar-refractivity contribution is 6.05. The van der Waals surface area contributed by atoms with Crippen LogP contribution in [0.2, 0.25) is 0 Å². The van der Waals surface area contributed by atoms with E-state index in [2.05, 4.69) is 31.1 Å². The highest BCUT2D eigenvalue weighted by atomic mass is 16.2. The average Bonchev–Trinajstić information content (AvgIpc) is 2.73. The number of benzene rings is 1. The van der Waals surface area contributed by atoms with E-state index in [-0.39, 0.29) is 5.91 Å². The Morgan fingerprint density at radius 3 is 2.61 bits per heavy atom. The van der Waals surface area contributed by atoms with Gasteiger partial charge >= 0.3 is 0 Å². The summed E-state index contributed by atoms with van der Waals surface area (Å²) in [6.07, 6.45) is 2.46. The summed E-state index contributed by atoms with van der Waals surface area (Å²) >= 11 is 0. The van der Waals surface area contributed by atoms with Crippen molar-refractivity contribution in [1.82, 2.24) is 5.01 Å². The van der Waals surface area contributed by atoms with Crippen LogP contribution in [0.3, 0.4) is 0 Å². The topological polar surface area (TPSA) is 32.7 Å². The summed E-state index contributed by atoms with van der Waals surface area (Å²) in [5, 5.41) is 6.04. The Bertz CT molecular complexity index is 437. The predicted molar refractivity (Wildman–Crippen MR) is 73.4 cm³/mol. The molecule has 1 heterocycles. The standard InChI is InChI=1S/C15H20N2O/c1-12(2)14-11-15(18)17(16-14)10-6-9-13-7-4-3-5-8-13/h3-5,7-8,12H,6,9-11H2,1-2H3. The van der Waals surface area contributed by atoms with Crippen molar-refractivity contribution in [3.05, 3.63) is 35.9 Å². The summed E-state index contributed by atoms with van der Waals surface area (Å²) in [7, 11) is 0. The third-order valence-electron chi connectivity index (χ3n) is 3.21. The first-order valence-corrected chi connectivity index (χ1v) is 6.58. The monoisotopic (exact) mass is 244 g/mol. The van der Waals surface area contributed by atoms with Crippen LogP contribution in [0, 0.1) is 5.92 Å². The second kappa shape index (κ2) is 5.80. The molecule has 18 heavy (non-hydrogen) atoms. The van der Waals surface area contributed by atoms with E-state index in [0.717, 1.165) is 25.1 Å². The van der Waals surface area contributed by atoms with Crippen LogP contribution >= 0.6 is 0 Å². The Kier molecular flexibility index (Phi) is 4.13. The number of rotatable bonds is 5. The fourth-order valence-corrected chi connectivity index (χ4v) is 2.06. The molecule has 1 aromatic rings. The molecule has 0 N–H and O–H groups in total. The van der Waals surface area contributed by atoms with Crippen molar-refractivity contribution < 1.29 is 4.79 Å². The number of aryl methyl sites for hydroxylation is 1. The van der Waals surface area contributed by atoms with Crippen LogP contribution in [0.4, 0.5) is 0 Å². The maximum atomic E-state index is 11.7. The zero-order valence-corrected chi connectivity index (χ0v) is 11.1. The van der Waals surface area contributed by atoms with Crippen LogP contribution in [-0.4, -0.2) is 23.2 Å². The molecule has 0 saturated carbocycles. The lowest BCUT2D eigenvalue weighted by atomic mass is 10.1. The van der Waals surface area contributed by atoms with Gasteiger partial charge in [0.2, 0.25) is 5.91 Å². The molecule has 2 rings (SSSR count). The lowest BCUT2D eigenvalue weighted by molar-refractivity contribution is -0.128. The number of hydrazone groups is 1. The minimum Gasteiger partial charge on any atom is -0.273 e. The van der Waals surface area contributed by atoms with E-state index in [4.69, 9.17) is 0 Å². The molecule has 0 radical (unpaired) electrons. The molecule has 0 fully saturated rings. The van der Waals surface area contributed by atoms with Crippen LogP contribution in [0.25, 0.3) is 0 Å². The smallest absolute Gasteiger partial charge is 0.248 e. The molecule has 0 atom stereocenters. The highest BCUT2D eigenvalue weighted by Gasteiger charge is 2.24. The van der Waals surface area contributed by atoms with Gasteiger partial charge in [0, 0.05) is 6.54 Å². The Balaban J connectivity index is 1.82. The summed E-state index contributed by atoms with van der Waals surface area (Å²) in [6.45, 7) is 4.89. The third kappa shape index (κ3) is 3.19. The molecular weight excluding hydrogens is 224 g/mol. The number of nitrogens with zero attached hydrogens (tertiary/aromatic N) is 2. The van der Waals surface area contributed by atoms with Gasteiger partial charge in [0.25, 0.3) is 0 Å². The molecule has 0 spiro atoms. The van der Waals surface area contributed by atoms with Crippen molar-refractivity contribution in [2.24, 2.45) is 11.0 Å². The zero-order valence-electron chi connectivity index (χ0n) is 11.1. The maximum absolute atomic E-state index is 11.7. The number of amides is 1. The van der Waals surface area contributed by atoms with E-state index >= 15 is 0 Å². The fraction of sp³-hybridized carbons (Fsp3) is 0.467. The van der Waals surface area contributed by atoms with Gasteiger partial charge in [-0.15, -0.1) is 0 Å². The Morgan fingerprint density at radius 1 is 1.28 bits per heavy atom. The SMILES string of the molecule is CC(C)C1=NN(CCCc2ccccc2)C(=O)C1. The molecule has 0 aliphatic carbocycles. The van der Waals surface area contributed by atoms with Crippen molar-refractivity contribution in [3.63, 3.8) is 0 Å². The third-order valence-corrected chi connectivity index (χ3v) is 3.21. The molecule has 3 heteroatoms. The van der Waals surface area contributed by atoms with E-state index in [9.17, 15) is 4.79 Å². The Hall–Kier alpha value is -1.64. The molecule has 1 aromatic carbocycles. The van der Waals surface area contributed by atoms with Gasteiger partial charge in [0.1, 0.15) is 0 Å². The van der Waals surface area contributed by atoms with Gasteiger partial charge in [-0.05, 0) is 24.3 Å². The number of carbonyl (C=O) groups excluding carboxylic acids is 1. The van der Waals surface area contributed by atoms with Gasteiger partial charge in [-0.3, -0.25) is 4.79 Å². The molecule has 1 aliphatic heterocycles. The maximum Gasteiger partial charge on any atom is 0.248 e. The molecule has 96 valence electrons. The first kappa shape index (κ1) is 12.8. The summed E-state index contributed by atoms with van der Waals surface area (Å²) < 4.78 is 0. The number of hydrogen-bond acceptors (Lipinski definition) is 2. The van der Waals surface area contributed by atoms with Crippen molar-refractivity contribution >= 4 is 11.6 Å². The van der Waals surface area contributed by atoms with E-state index in [0.29, 0.717) is 12.3 Å². The highest BCUT2D eigenvalue weighted by Crippen LogP contribution is 2.15. The first-order chi connectivity index (χ1) is 8.66. The van der Waals surface area contributed by atoms with Crippen LogP contribution in [0.5, 0.6) is 0 Å². The molecule has 0 bridgehead atoms. The molecule has 1 amide bonds. The molecule has 1 aliphatic rings. The van der Waals surface area contributed by atoms with Crippen LogP contribution in [-0.2, 0) is 11.2 Å². The number of hydrogen-bond donors (Lipinski definition) is 0. The summed E-state index contributed by atoms with van der Waals surface area (Å²) in [4.78, 5) is 11.7. The summed E-state index contributed by atoms with van der Waals surface area (Å²) in [5.74, 6) is 0.514. The van der Waals surface area contributed by atoms with E-state index in [1.54, 1.807) is 5.01 Å². The van der Waals surface area contributed by atoms with E-state index < -0.39 is 0 Å². The van der Waals surface area contributed by atoms with Crippen molar-refractivity contribution in [3.8, 4) is 0 Å². The largest absolute Gasteiger partial charge is 0.273 e. The van der Waals surface area contributed by atoms with Crippen LogP contribution in [0.15, 0.2) is 35.4 Å². The normalized spacial score (nSPS) is 15.4. The van der Waals surface area contributed by atoms with Gasteiger partial charge < -0.3 is 0 Å². The lowest BCUT2D eigenvalue weighted by Crippen LogP contribution is -2.22. The molecule has 0 aromatic heterocycles. The minimum absolute atomic E-state index is 0.145. The van der Waals surface area contributed by atoms with Crippen molar-refractivity contribution in [2.75, 3.05) is 6.54 Å². The molecule has 0 unspecified atom stereocenters. The van der Waals surface area contributed by atoms with E-state index in [1.807, 2.05) is 18.2 Å². The zero-order chi connectivity index (χ0) is 13.0. The van der Waals surface area contributed by atoms with Gasteiger partial charge in [0.15, 0.2) is 0 Å². The van der Waals surface area contributed by atoms with Gasteiger partial charge in [-0.25, -0.2) is 5.01 Å². The summed E-state index contributed by atoms with van der Waals surface area (Å²) in [5.41, 5.74) is 2.33. The van der Waals surface area contributed by atoms with Crippen LogP contribution in [0.1, 0.15) is 32.3 Å². The van der Waals surface area contributed by atoms with Crippen molar-refractivity contribution in [1.29, 1.82) is 0 Å². The average molecular weight is 244 g/mol. The van der Waals surface area contributed by atoms with Gasteiger partial charge in [0.05, 0.1) is 12.1 Å². The molecular formula is C15H20N2O. The van der Waals surface area contributed by atoms with Gasteiger partial charge in [-0.2, -0.15) is 5.10 Å². The second-order valence-electron chi connectivity index (χ2n) is 5.03. The van der Waals surface area contributed by atoms with E-state index in [1.165, 1.54) is 5.56 Å². The molecule has 3 nitrogen and oxygen atoms in total. The lowest BCUT2D eigenvalue weighted by Gasteiger charge is -2.11. The van der Waals surface area contributed by atoms with Crippen LogP contribution < -0.4 is 0 Å². The first-order valence-electron chi connectivity index (χ1n) is 6.58. The quantitative estimate of drug-likeness (QED) is 0.784. The second-order valence-corrected chi connectivity index (χ2v) is 5.03. The Morgan fingerprint density at radius 2 is 2.00 bits per heavy atom. The Labute approximate surface area is 108 Å². The predicted octanol–water partition coefficient (Wildman–Crippen LogP) is 2.86.